The van der Waals surface area contributed by atoms with E-state index in [-0.39, 0.29) is 51.0 Å². The van der Waals surface area contributed by atoms with Crippen LogP contribution in [0.2, 0.25) is 0 Å². The van der Waals surface area contributed by atoms with Crippen LogP contribution < -0.4 is 14.8 Å². The normalized spacial score (nSPS) is 12.0. The molecule has 1 aliphatic carbocycles. The highest BCUT2D eigenvalue weighted by atomic mass is 19.3. The molecule has 0 saturated heterocycles. The molecule has 1 N–H and O–H groups in total. The molecule has 0 aromatic heterocycles. The average Bonchev–Trinajstić information content (AvgIpc) is 2.85. The highest BCUT2D eigenvalue weighted by Gasteiger charge is 2.29. The Morgan fingerprint density at radius 2 is 1.51 bits per heavy atom. The Kier molecular flexibility index (Phi) is 6.54. The van der Waals surface area contributed by atoms with Gasteiger partial charge in [-0.15, -0.1) is 0 Å². The second kappa shape index (κ2) is 9.72. The lowest BCUT2D eigenvalue weighted by Gasteiger charge is -2.18. The molecule has 10 heteroatoms. The molecule has 1 aliphatic rings. The Hall–Kier alpha value is -4.60. The van der Waals surface area contributed by atoms with E-state index in [1.807, 2.05) is 0 Å². The molecule has 1 amide bonds. The summed E-state index contributed by atoms with van der Waals surface area (Å²) in [5.74, 6) is -2.60. The molecule has 178 valence electrons. The maximum Gasteiger partial charge on any atom is 0.387 e. The van der Waals surface area contributed by atoms with Crippen molar-refractivity contribution in [3.8, 4) is 11.5 Å². The fourth-order valence-electron chi connectivity index (χ4n) is 3.58. The lowest BCUT2D eigenvalue weighted by Crippen LogP contribution is -2.23. The molecule has 0 spiro atoms. The molecule has 35 heavy (non-hydrogen) atoms. The van der Waals surface area contributed by atoms with E-state index in [4.69, 9.17) is 9.47 Å². The number of rotatable bonds is 7. The second-order valence-corrected chi connectivity index (χ2v) is 7.33. The maximum atomic E-state index is 12.8. The number of nitrogens with one attached hydrogen (secondary N) is 1. The van der Waals surface area contributed by atoms with Gasteiger partial charge in [-0.1, -0.05) is 24.3 Å². The first-order chi connectivity index (χ1) is 16.8. The Bertz CT molecular complexity index is 1350. The Labute approximate surface area is 197 Å². The fourth-order valence-corrected chi connectivity index (χ4v) is 3.58. The van der Waals surface area contributed by atoms with Crippen molar-refractivity contribution in [1.82, 2.24) is 0 Å². The highest BCUT2D eigenvalue weighted by Crippen LogP contribution is 2.30. The lowest BCUT2D eigenvalue weighted by atomic mass is 9.84. The number of anilines is 1. The number of alkyl halides is 2. The van der Waals surface area contributed by atoms with Crippen molar-refractivity contribution < 1.29 is 42.2 Å². The molecule has 0 bridgehead atoms. The minimum atomic E-state index is -3.07. The zero-order chi connectivity index (χ0) is 25.1. The van der Waals surface area contributed by atoms with E-state index in [0.717, 1.165) is 12.1 Å². The molecule has 8 nitrogen and oxygen atoms in total. The van der Waals surface area contributed by atoms with Gasteiger partial charge in [-0.3, -0.25) is 14.4 Å². The van der Waals surface area contributed by atoms with Crippen LogP contribution in [-0.4, -0.2) is 43.8 Å². The van der Waals surface area contributed by atoms with Gasteiger partial charge in [0.2, 0.25) is 0 Å². The number of methoxy groups -OCH3 is 1. The topological polar surface area (TPSA) is 108 Å². The van der Waals surface area contributed by atoms with E-state index in [1.54, 1.807) is 24.3 Å². The Morgan fingerprint density at radius 3 is 2.17 bits per heavy atom. The molecule has 3 aromatic rings. The van der Waals surface area contributed by atoms with Crippen LogP contribution >= 0.6 is 0 Å². The molecule has 0 fully saturated rings. The van der Waals surface area contributed by atoms with Gasteiger partial charge in [0.15, 0.2) is 29.7 Å². The zero-order valence-electron chi connectivity index (χ0n) is 18.2. The van der Waals surface area contributed by atoms with Crippen LogP contribution in [0.25, 0.3) is 0 Å². The van der Waals surface area contributed by atoms with Crippen molar-refractivity contribution in [3.63, 3.8) is 0 Å². The summed E-state index contributed by atoms with van der Waals surface area (Å²) in [4.78, 5) is 50.0. The first-order valence-electron chi connectivity index (χ1n) is 10.2. The average molecular weight is 481 g/mol. The predicted octanol–water partition coefficient (Wildman–Crippen LogP) is 3.87. The van der Waals surface area contributed by atoms with Gasteiger partial charge in [0.1, 0.15) is 0 Å². The molecule has 0 heterocycles. The molecular weight excluding hydrogens is 464 g/mol. The van der Waals surface area contributed by atoms with Crippen LogP contribution in [0.15, 0.2) is 60.7 Å². The molecule has 0 saturated carbocycles. The summed E-state index contributed by atoms with van der Waals surface area (Å²) >= 11 is 0. The number of ether oxygens (including phenoxy) is 3. The molecular formula is C25H17F2NO7. The summed E-state index contributed by atoms with van der Waals surface area (Å²) in [6.45, 7) is -3.74. The lowest BCUT2D eigenvalue weighted by molar-refractivity contribution is -0.119. The predicted molar refractivity (Wildman–Crippen MR) is 118 cm³/mol. The number of carbonyl (C=O) groups excluding carboxylic acids is 4. The third-order valence-corrected chi connectivity index (χ3v) is 5.16. The van der Waals surface area contributed by atoms with Crippen molar-refractivity contribution in [2.24, 2.45) is 0 Å². The number of esters is 1. The number of carbonyl (C=O) groups is 4. The van der Waals surface area contributed by atoms with Crippen molar-refractivity contribution in [3.05, 3.63) is 88.5 Å². The third kappa shape index (κ3) is 4.86. The largest absolute Gasteiger partial charge is 0.493 e. The SMILES string of the molecule is COc1cc(C(=O)OCC(=O)Nc2ccc3c(c2)C(=O)c2ccccc2C3=O)ccc1OC(F)F. The minimum Gasteiger partial charge on any atom is -0.493 e. The monoisotopic (exact) mass is 481 g/mol. The smallest absolute Gasteiger partial charge is 0.387 e. The van der Waals surface area contributed by atoms with Crippen LogP contribution in [0.3, 0.4) is 0 Å². The van der Waals surface area contributed by atoms with Crippen molar-refractivity contribution >= 4 is 29.1 Å². The quantitative estimate of drug-likeness (QED) is 0.399. The number of amides is 1. The number of hydrogen-bond donors (Lipinski definition) is 1. The van der Waals surface area contributed by atoms with E-state index in [1.165, 1.54) is 31.4 Å². The Balaban J connectivity index is 1.41. The minimum absolute atomic E-state index is 0.0483. The Morgan fingerprint density at radius 1 is 0.857 bits per heavy atom. The summed E-state index contributed by atoms with van der Waals surface area (Å²) in [7, 11) is 1.21. The van der Waals surface area contributed by atoms with Gasteiger partial charge in [-0.05, 0) is 36.4 Å². The van der Waals surface area contributed by atoms with E-state index in [0.29, 0.717) is 5.56 Å². The van der Waals surface area contributed by atoms with Gasteiger partial charge >= 0.3 is 12.6 Å². The number of ketones is 2. The zero-order valence-corrected chi connectivity index (χ0v) is 18.2. The number of benzene rings is 3. The summed E-state index contributed by atoms with van der Waals surface area (Å²) in [5.41, 5.74) is 1.17. The molecule has 0 radical (unpaired) electrons. The van der Waals surface area contributed by atoms with Crippen LogP contribution in [0, 0.1) is 0 Å². The second-order valence-electron chi connectivity index (χ2n) is 7.33. The number of hydrogen-bond acceptors (Lipinski definition) is 7. The van der Waals surface area contributed by atoms with E-state index in [2.05, 4.69) is 10.1 Å². The first-order valence-corrected chi connectivity index (χ1v) is 10.2. The summed E-state index contributed by atoms with van der Waals surface area (Å²) in [6, 6.07) is 14.2. The van der Waals surface area contributed by atoms with Crippen molar-refractivity contribution in [2.75, 3.05) is 19.0 Å². The maximum absolute atomic E-state index is 12.8. The van der Waals surface area contributed by atoms with Gasteiger partial charge in [0.25, 0.3) is 5.91 Å². The van der Waals surface area contributed by atoms with Gasteiger partial charge < -0.3 is 19.5 Å². The summed E-state index contributed by atoms with van der Waals surface area (Å²) in [5, 5.41) is 2.50. The fraction of sp³-hybridized carbons (Fsp3) is 0.120. The van der Waals surface area contributed by atoms with Gasteiger partial charge in [0, 0.05) is 27.9 Å². The van der Waals surface area contributed by atoms with Crippen LogP contribution in [0.5, 0.6) is 11.5 Å². The van der Waals surface area contributed by atoms with Gasteiger partial charge in [-0.2, -0.15) is 8.78 Å². The summed E-state index contributed by atoms with van der Waals surface area (Å²) < 4.78 is 39.1. The molecule has 4 rings (SSSR count). The third-order valence-electron chi connectivity index (χ3n) is 5.16. The molecule has 3 aromatic carbocycles. The van der Waals surface area contributed by atoms with E-state index < -0.39 is 25.1 Å². The van der Waals surface area contributed by atoms with Crippen LogP contribution in [0.4, 0.5) is 14.5 Å². The summed E-state index contributed by atoms with van der Waals surface area (Å²) in [6.07, 6.45) is 0. The highest BCUT2D eigenvalue weighted by molar-refractivity contribution is 6.28. The molecule has 0 atom stereocenters. The van der Waals surface area contributed by atoms with E-state index >= 15 is 0 Å². The first kappa shape index (κ1) is 23.6. The number of halogens is 2. The number of fused-ring (bicyclic) bond motifs is 2. The van der Waals surface area contributed by atoms with Crippen LogP contribution in [-0.2, 0) is 9.53 Å². The van der Waals surface area contributed by atoms with Crippen molar-refractivity contribution in [1.29, 1.82) is 0 Å². The van der Waals surface area contributed by atoms with Gasteiger partial charge in [0.05, 0.1) is 12.7 Å². The van der Waals surface area contributed by atoms with Gasteiger partial charge in [-0.25, -0.2) is 4.79 Å². The van der Waals surface area contributed by atoms with Crippen LogP contribution in [0.1, 0.15) is 42.2 Å². The molecule has 0 unspecified atom stereocenters. The standard InChI is InChI=1S/C25H17F2NO7/c1-33-20-10-13(6-9-19(20)35-25(26)27)24(32)34-12-21(29)28-14-7-8-17-18(11-14)23(31)16-5-3-2-4-15(16)22(17)30/h2-11,25H,12H2,1H3,(H,28,29). The van der Waals surface area contributed by atoms with E-state index in [9.17, 15) is 28.0 Å². The van der Waals surface area contributed by atoms with Crippen molar-refractivity contribution in [2.45, 2.75) is 6.61 Å². The molecule has 0 aliphatic heterocycles.